The first kappa shape index (κ1) is 11.5. The average Bonchev–Trinajstić information content (AvgIpc) is 2.07. The molecule has 0 amide bonds. The van der Waals surface area contributed by atoms with Crippen molar-refractivity contribution in [3.05, 3.63) is 34.6 Å². The molecule has 0 saturated carbocycles. The van der Waals surface area contributed by atoms with Crippen LogP contribution in [0.3, 0.4) is 0 Å². The first-order valence-electron chi connectivity index (χ1n) is 4.53. The summed E-state index contributed by atoms with van der Waals surface area (Å²) in [6.45, 7) is 6.05. The second-order valence-corrected chi connectivity index (χ2v) is 4.92. The zero-order valence-electron chi connectivity index (χ0n) is 8.64. The third-order valence-electron chi connectivity index (χ3n) is 2.24. The maximum Gasteiger partial charge on any atom is 0.142 e. The Morgan fingerprint density at radius 3 is 2.36 bits per heavy atom. The molecule has 2 N–H and O–H groups in total. The lowest BCUT2D eigenvalue weighted by atomic mass is 9.83. The average molecular weight is 216 g/mol. The van der Waals surface area contributed by atoms with Gasteiger partial charge in [-0.3, -0.25) is 0 Å². The highest BCUT2D eigenvalue weighted by Crippen LogP contribution is 2.31. The van der Waals surface area contributed by atoms with E-state index in [9.17, 15) is 4.39 Å². The van der Waals surface area contributed by atoms with Gasteiger partial charge in [-0.05, 0) is 23.1 Å². The Hall–Kier alpha value is -0.600. The fraction of sp³-hybridized carbons (Fsp3) is 0.455. The van der Waals surface area contributed by atoms with Crippen LogP contribution in [-0.2, 0) is 0 Å². The highest BCUT2D eigenvalue weighted by Gasteiger charge is 2.22. The van der Waals surface area contributed by atoms with Crippen LogP contribution < -0.4 is 5.73 Å². The molecule has 1 nitrogen and oxygen atoms in total. The SMILES string of the molecule is CC(C)(C)[C@@H](N)c1ccc(Cl)c(F)c1. The fourth-order valence-corrected chi connectivity index (χ4v) is 1.32. The summed E-state index contributed by atoms with van der Waals surface area (Å²) in [6.07, 6.45) is 0. The van der Waals surface area contributed by atoms with Crippen molar-refractivity contribution in [3.63, 3.8) is 0 Å². The minimum atomic E-state index is -0.413. The Balaban J connectivity index is 3.03. The first-order valence-corrected chi connectivity index (χ1v) is 4.90. The molecule has 1 atom stereocenters. The van der Waals surface area contributed by atoms with Gasteiger partial charge < -0.3 is 5.73 Å². The van der Waals surface area contributed by atoms with E-state index in [1.165, 1.54) is 12.1 Å². The molecule has 14 heavy (non-hydrogen) atoms. The number of benzene rings is 1. The standard InChI is InChI=1S/C11H15ClFN/c1-11(2,3)10(14)7-4-5-8(12)9(13)6-7/h4-6,10H,14H2,1-3H3/t10-/m0/s1. The Kier molecular flexibility index (Phi) is 3.17. The monoisotopic (exact) mass is 215 g/mol. The molecule has 78 valence electrons. The van der Waals surface area contributed by atoms with Crippen molar-refractivity contribution in [1.29, 1.82) is 0 Å². The molecule has 0 unspecified atom stereocenters. The fourth-order valence-electron chi connectivity index (χ4n) is 1.21. The van der Waals surface area contributed by atoms with Crippen molar-refractivity contribution in [3.8, 4) is 0 Å². The first-order chi connectivity index (χ1) is 6.32. The topological polar surface area (TPSA) is 26.0 Å². The Morgan fingerprint density at radius 1 is 1.36 bits per heavy atom. The van der Waals surface area contributed by atoms with Crippen LogP contribution in [0.25, 0.3) is 0 Å². The predicted molar refractivity (Wildman–Crippen MR) is 57.8 cm³/mol. The van der Waals surface area contributed by atoms with Crippen molar-refractivity contribution in [2.75, 3.05) is 0 Å². The second kappa shape index (κ2) is 3.87. The molecule has 0 aliphatic heterocycles. The van der Waals surface area contributed by atoms with Gasteiger partial charge in [-0.25, -0.2) is 4.39 Å². The molecule has 1 rings (SSSR count). The molecule has 0 saturated heterocycles. The van der Waals surface area contributed by atoms with Crippen molar-refractivity contribution >= 4 is 11.6 Å². The van der Waals surface area contributed by atoms with Crippen LogP contribution in [0.15, 0.2) is 18.2 Å². The van der Waals surface area contributed by atoms with Gasteiger partial charge in [0, 0.05) is 6.04 Å². The van der Waals surface area contributed by atoms with E-state index >= 15 is 0 Å². The van der Waals surface area contributed by atoms with Gasteiger partial charge in [0.05, 0.1) is 5.02 Å². The van der Waals surface area contributed by atoms with E-state index < -0.39 is 5.82 Å². The van der Waals surface area contributed by atoms with E-state index in [4.69, 9.17) is 17.3 Å². The molecule has 1 aromatic rings. The lowest BCUT2D eigenvalue weighted by Gasteiger charge is -2.27. The molecule has 3 heteroatoms. The molecular weight excluding hydrogens is 201 g/mol. The highest BCUT2D eigenvalue weighted by molar-refractivity contribution is 6.30. The summed E-state index contributed by atoms with van der Waals surface area (Å²) < 4.78 is 13.1. The smallest absolute Gasteiger partial charge is 0.142 e. The van der Waals surface area contributed by atoms with E-state index in [0.717, 1.165) is 5.56 Å². The third-order valence-corrected chi connectivity index (χ3v) is 2.54. The van der Waals surface area contributed by atoms with Gasteiger partial charge in [-0.1, -0.05) is 38.4 Å². The summed E-state index contributed by atoms with van der Waals surface area (Å²) in [4.78, 5) is 0. The van der Waals surface area contributed by atoms with Crippen LogP contribution in [0, 0.1) is 11.2 Å². The van der Waals surface area contributed by atoms with Crippen LogP contribution in [0.5, 0.6) is 0 Å². The molecule has 0 bridgehead atoms. The zero-order valence-corrected chi connectivity index (χ0v) is 9.40. The van der Waals surface area contributed by atoms with Gasteiger partial charge in [0.25, 0.3) is 0 Å². The van der Waals surface area contributed by atoms with Crippen molar-refractivity contribution in [1.82, 2.24) is 0 Å². The molecular formula is C11H15ClFN. The molecule has 0 spiro atoms. The zero-order chi connectivity index (χ0) is 10.9. The predicted octanol–water partition coefficient (Wildman–Crippen LogP) is 3.53. The van der Waals surface area contributed by atoms with E-state index in [0.29, 0.717) is 0 Å². The van der Waals surface area contributed by atoms with Crippen LogP contribution >= 0.6 is 11.6 Å². The van der Waals surface area contributed by atoms with Gasteiger partial charge in [0.15, 0.2) is 0 Å². The van der Waals surface area contributed by atoms with Crippen LogP contribution in [0.2, 0.25) is 5.02 Å². The van der Waals surface area contributed by atoms with E-state index in [2.05, 4.69) is 0 Å². The van der Waals surface area contributed by atoms with Gasteiger partial charge >= 0.3 is 0 Å². The lowest BCUT2D eigenvalue weighted by molar-refractivity contribution is 0.326. The largest absolute Gasteiger partial charge is 0.324 e. The van der Waals surface area contributed by atoms with Crippen LogP contribution in [0.4, 0.5) is 4.39 Å². The molecule has 1 aromatic carbocycles. The van der Waals surface area contributed by atoms with Gasteiger partial charge in [0.1, 0.15) is 5.82 Å². The quantitative estimate of drug-likeness (QED) is 0.762. The van der Waals surface area contributed by atoms with Crippen molar-refractivity contribution in [2.45, 2.75) is 26.8 Å². The number of nitrogens with two attached hydrogens (primary N) is 1. The third kappa shape index (κ3) is 2.46. The summed E-state index contributed by atoms with van der Waals surface area (Å²) in [5, 5.41) is 0.134. The number of rotatable bonds is 1. The maximum atomic E-state index is 13.1. The summed E-state index contributed by atoms with van der Waals surface area (Å²) in [6, 6.07) is 4.52. The molecule has 0 aliphatic carbocycles. The van der Waals surface area contributed by atoms with Crippen molar-refractivity contribution in [2.24, 2.45) is 11.1 Å². The molecule has 0 aromatic heterocycles. The van der Waals surface area contributed by atoms with Crippen LogP contribution in [-0.4, -0.2) is 0 Å². The van der Waals surface area contributed by atoms with Crippen LogP contribution in [0.1, 0.15) is 32.4 Å². The lowest BCUT2D eigenvalue weighted by Crippen LogP contribution is -2.26. The minimum absolute atomic E-state index is 0.0831. The molecule has 0 heterocycles. The summed E-state index contributed by atoms with van der Waals surface area (Å²) in [5.74, 6) is -0.413. The van der Waals surface area contributed by atoms with E-state index in [1.807, 2.05) is 20.8 Å². The summed E-state index contributed by atoms with van der Waals surface area (Å²) >= 11 is 5.58. The maximum absolute atomic E-state index is 13.1. The number of halogens is 2. The van der Waals surface area contributed by atoms with E-state index in [-0.39, 0.29) is 16.5 Å². The Bertz CT molecular complexity index is 331. The van der Waals surface area contributed by atoms with Gasteiger partial charge in [-0.15, -0.1) is 0 Å². The summed E-state index contributed by atoms with van der Waals surface area (Å²) in [7, 11) is 0. The van der Waals surface area contributed by atoms with Gasteiger partial charge in [0.2, 0.25) is 0 Å². The minimum Gasteiger partial charge on any atom is -0.324 e. The normalized spacial score (nSPS) is 14.1. The molecule has 0 fully saturated rings. The van der Waals surface area contributed by atoms with Crippen molar-refractivity contribution < 1.29 is 4.39 Å². The van der Waals surface area contributed by atoms with E-state index in [1.54, 1.807) is 6.07 Å². The van der Waals surface area contributed by atoms with Gasteiger partial charge in [-0.2, -0.15) is 0 Å². The number of hydrogen-bond donors (Lipinski definition) is 1. The second-order valence-electron chi connectivity index (χ2n) is 4.52. The molecule has 0 radical (unpaired) electrons. The number of hydrogen-bond acceptors (Lipinski definition) is 1. The molecule has 0 aliphatic rings. The Labute approximate surface area is 89.1 Å². The summed E-state index contributed by atoms with van der Waals surface area (Å²) in [5.41, 5.74) is 6.68. The Morgan fingerprint density at radius 2 is 1.93 bits per heavy atom. The highest BCUT2D eigenvalue weighted by atomic mass is 35.5.